The third kappa shape index (κ3) is 5.48. The van der Waals surface area contributed by atoms with Gasteiger partial charge in [0.05, 0.1) is 31.8 Å². The highest BCUT2D eigenvalue weighted by Crippen LogP contribution is 2.37. The molecule has 0 spiro atoms. The van der Waals surface area contributed by atoms with Crippen LogP contribution in [0.1, 0.15) is 33.3 Å². The van der Waals surface area contributed by atoms with Gasteiger partial charge in [-0.05, 0) is 24.6 Å². The maximum absolute atomic E-state index is 13.2. The lowest BCUT2D eigenvalue weighted by Crippen LogP contribution is -2.58. The average Bonchev–Trinajstić information content (AvgIpc) is 3.33. The van der Waals surface area contributed by atoms with Gasteiger partial charge in [-0.3, -0.25) is 9.69 Å². The molecule has 0 bridgehead atoms. The number of piperazine rings is 1. The lowest BCUT2D eigenvalue weighted by atomic mass is 10.1. The summed E-state index contributed by atoms with van der Waals surface area (Å²) in [6.07, 6.45) is 0. The monoisotopic (exact) mass is 520 g/mol. The van der Waals surface area contributed by atoms with Crippen molar-refractivity contribution in [2.24, 2.45) is 0 Å². The number of H-pyrrole nitrogens is 1. The summed E-state index contributed by atoms with van der Waals surface area (Å²) in [6, 6.07) is 14.1. The fraction of sp³-hybridized carbons (Fsp3) is 0.429. The SMILES string of the molecule is CC.CC.Cc1cccc2c1N1CCN(Cn3c(=O)[nH]c4c(sc5ccccc54)c3=O)CC1CO2.[B]C. The first-order valence-electron chi connectivity index (χ1n) is 13.0. The second-order valence-electron chi connectivity index (χ2n) is 8.26. The van der Waals surface area contributed by atoms with Crippen LogP contribution < -0.4 is 20.9 Å². The predicted molar refractivity (Wildman–Crippen MR) is 158 cm³/mol. The number of rotatable bonds is 2. The van der Waals surface area contributed by atoms with Crippen LogP contribution in [-0.2, 0) is 6.67 Å². The van der Waals surface area contributed by atoms with Gasteiger partial charge in [-0.25, -0.2) is 9.36 Å². The Labute approximate surface area is 224 Å². The number of aromatic amines is 1. The van der Waals surface area contributed by atoms with E-state index in [1.165, 1.54) is 34.0 Å². The van der Waals surface area contributed by atoms with E-state index in [0.717, 1.165) is 35.5 Å². The molecule has 196 valence electrons. The van der Waals surface area contributed by atoms with Crippen LogP contribution in [0.5, 0.6) is 5.75 Å². The number of para-hydroxylation sites is 1. The minimum atomic E-state index is -0.357. The van der Waals surface area contributed by atoms with Crippen molar-refractivity contribution in [2.45, 2.75) is 54.2 Å². The highest BCUT2D eigenvalue weighted by molar-refractivity contribution is 7.25. The molecule has 2 aromatic heterocycles. The van der Waals surface area contributed by atoms with E-state index >= 15 is 0 Å². The molecule has 2 aromatic carbocycles. The molecule has 1 atom stereocenters. The Morgan fingerprint density at radius 2 is 1.76 bits per heavy atom. The van der Waals surface area contributed by atoms with Crippen molar-refractivity contribution in [1.82, 2.24) is 14.5 Å². The smallest absolute Gasteiger partial charge is 0.330 e. The highest BCUT2D eigenvalue weighted by Gasteiger charge is 2.34. The zero-order valence-corrected chi connectivity index (χ0v) is 23.5. The van der Waals surface area contributed by atoms with Crippen molar-refractivity contribution in [1.29, 1.82) is 0 Å². The van der Waals surface area contributed by atoms with Gasteiger partial charge in [0, 0.05) is 29.7 Å². The molecule has 1 unspecified atom stereocenters. The Hall–Kier alpha value is -3.04. The molecule has 4 heterocycles. The molecule has 1 fully saturated rings. The van der Waals surface area contributed by atoms with E-state index in [9.17, 15) is 9.59 Å². The topological polar surface area (TPSA) is 70.6 Å². The summed E-state index contributed by atoms with van der Waals surface area (Å²) in [7, 11) is 4.50. The quantitative estimate of drug-likeness (QED) is 0.377. The van der Waals surface area contributed by atoms with Crippen molar-refractivity contribution in [3.05, 3.63) is 68.9 Å². The van der Waals surface area contributed by atoms with Gasteiger partial charge in [-0.2, -0.15) is 0 Å². The third-order valence-electron chi connectivity index (χ3n) is 6.34. The molecule has 2 radical (unpaired) electrons. The second-order valence-corrected chi connectivity index (χ2v) is 9.32. The summed E-state index contributed by atoms with van der Waals surface area (Å²) < 4.78 is 8.94. The lowest BCUT2D eigenvalue weighted by molar-refractivity contribution is 0.137. The number of benzene rings is 2. The molecular weight excluding hydrogens is 483 g/mol. The van der Waals surface area contributed by atoms with Crippen LogP contribution in [0.15, 0.2) is 52.1 Å². The van der Waals surface area contributed by atoms with E-state index in [1.54, 1.807) is 0 Å². The molecule has 0 saturated carbocycles. The van der Waals surface area contributed by atoms with Gasteiger partial charge in [0.25, 0.3) is 5.56 Å². The summed E-state index contributed by atoms with van der Waals surface area (Å²) in [5.41, 5.74) is 2.44. The van der Waals surface area contributed by atoms with E-state index in [0.29, 0.717) is 16.8 Å². The fourth-order valence-corrected chi connectivity index (χ4v) is 5.93. The van der Waals surface area contributed by atoms with Crippen molar-refractivity contribution in [3.63, 3.8) is 0 Å². The third-order valence-corrected chi connectivity index (χ3v) is 7.50. The van der Waals surface area contributed by atoms with Gasteiger partial charge < -0.3 is 14.6 Å². The van der Waals surface area contributed by atoms with Crippen LogP contribution in [0.3, 0.4) is 0 Å². The first-order chi connectivity index (χ1) is 18.1. The standard InChI is InChI=1S/C23H22N4O3S.2C2H6.CH3B/c1-14-5-4-7-17-20(14)26-10-9-25(11-15(26)12-30-17)13-27-22(28)21-19(24-23(27)29)16-6-2-3-8-18(16)31-21;3*1-2/h2-8,15H,9-13H2,1H3,(H,24,29);2*1-2H3;1H3. The molecule has 37 heavy (non-hydrogen) atoms. The Morgan fingerprint density at radius 3 is 2.51 bits per heavy atom. The maximum Gasteiger partial charge on any atom is 0.330 e. The van der Waals surface area contributed by atoms with Crippen LogP contribution in [0.25, 0.3) is 20.3 Å². The zero-order chi connectivity index (χ0) is 27.1. The Morgan fingerprint density at radius 1 is 1.03 bits per heavy atom. The van der Waals surface area contributed by atoms with Crippen LogP contribution in [-0.4, -0.2) is 54.6 Å². The van der Waals surface area contributed by atoms with E-state index in [4.69, 9.17) is 4.74 Å². The Kier molecular flexibility index (Phi) is 10.0. The van der Waals surface area contributed by atoms with Gasteiger partial charge >= 0.3 is 5.69 Å². The van der Waals surface area contributed by atoms with Crippen molar-refractivity contribution < 1.29 is 4.74 Å². The number of nitrogens with one attached hydrogen (secondary N) is 1. The predicted octanol–water partition coefficient (Wildman–Crippen LogP) is 5.01. The largest absolute Gasteiger partial charge is 0.489 e. The first-order valence-corrected chi connectivity index (χ1v) is 13.9. The average molecular weight is 521 g/mol. The van der Waals surface area contributed by atoms with E-state index < -0.39 is 0 Å². The van der Waals surface area contributed by atoms with Gasteiger partial charge in [0.1, 0.15) is 17.1 Å². The number of anilines is 1. The summed E-state index contributed by atoms with van der Waals surface area (Å²) in [5, 5.41) is 0.922. The molecule has 1 saturated heterocycles. The maximum atomic E-state index is 13.2. The summed E-state index contributed by atoms with van der Waals surface area (Å²) in [6.45, 7) is 14.8. The van der Waals surface area contributed by atoms with Gasteiger partial charge in [-0.15, -0.1) is 11.3 Å². The van der Waals surface area contributed by atoms with Crippen LogP contribution in [0, 0.1) is 6.92 Å². The van der Waals surface area contributed by atoms with E-state index in [1.807, 2.05) is 64.1 Å². The molecule has 0 aliphatic carbocycles. The molecule has 2 aliphatic heterocycles. The van der Waals surface area contributed by atoms with Crippen molar-refractivity contribution in [3.8, 4) is 5.75 Å². The van der Waals surface area contributed by atoms with E-state index in [-0.39, 0.29) is 24.0 Å². The molecule has 4 aromatic rings. The molecule has 7 nitrogen and oxygen atoms in total. The number of hydrogen-bond donors (Lipinski definition) is 1. The van der Waals surface area contributed by atoms with Crippen LogP contribution in [0.4, 0.5) is 5.69 Å². The second kappa shape index (κ2) is 13.0. The normalized spacial score (nSPS) is 16.2. The van der Waals surface area contributed by atoms with Crippen molar-refractivity contribution in [2.75, 3.05) is 31.1 Å². The summed E-state index contributed by atoms with van der Waals surface area (Å²) >= 11 is 1.44. The summed E-state index contributed by atoms with van der Waals surface area (Å²) in [4.78, 5) is 33.5. The van der Waals surface area contributed by atoms with Crippen LogP contribution >= 0.6 is 11.3 Å². The number of aryl methyl sites for hydroxylation is 1. The molecule has 2 aliphatic rings. The number of thiophene rings is 1. The van der Waals surface area contributed by atoms with Crippen LogP contribution in [0.2, 0.25) is 6.82 Å². The van der Waals surface area contributed by atoms with Crippen molar-refractivity contribution >= 4 is 45.2 Å². The number of fused-ring (bicyclic) bond motifs is 6. The van der Waals surface area contributed by atoms with E-state index in [2.05, 4.69) is 35.6 Å². The number of hydrogen-bond acceptors (Lipinski definition) is 6. The molecular formula is C28H37BN4O3S. The number of nitrogens with zero attached hydrogens (tertiary/aromatic N) is 3. The van der Waals surface area contributed by atoms with Gasteiger partial charge in [-0.1, -0.05) is 64.8 Å². The fourth-order valence-electron chi connectivity index (χ4n) is 4.83. The minimum Gasteiger partial charge on any atom is -0.489 e. The number of aromatic nitrogens is 2. The minimum absolute atomic E-state index is 0.199. The molecule has 0 amide bonds. The number of ether oxygens (including phenoxy) is 1. The van der Waals surface area contributed by atoms with Gasteiger partial charge in [0.15, 0.2) is 0 Å². The highest BCUT2D eigenvalue weighted by atomic mass is 32.1. The zero-order valence-electron chi connectivity index (χ0n) is 22.7. The summed E-state index contributed by atoms with van der Waals surface area (Å²) in [5.74, 6) is 0.938. The first kappa shape index (κ1) is 28.5. The molecule has 1 N–H and O–H groups in total. The Bertz CT molecular complexity index is 1450. The lowest BCUT2D eigenvalue weighted by Gasteiger charge is -2.46. The Balaban J connectivity index is 0.000000593. The van der Waals surface area contributed by atoms with Gasteiger partial charge in [0.2, 0.25) is 0 Å². The molecule has 9 heteroatoms. The molecule has 6 rings (SSSR count).